The lowest BCUT2D eigenvalue weighted by Gasteiger charge is -2.25. The van der Waals surface area contributed by atoms with Crippen LogP contribution in [0.3, 0.4) is 0 Å². The van der Waals surface area contributed by atoms with Crippen molar-refractivity contribution in [2.45, 2.75) is 44.2 Å². The lowest BCUT2D eigenvalue weighted by Crippen LogP contribution is -2.50. The van der Waals surface area contributed by atoms with Gasteiger partial charge in [0, 0.05) is 44.5 Å². The van der Waals surface area contributed by atoms with Crippen LogP contribution in [-0.2, 0) is 27.2 Å². The Hall–Kier alpha value is -3.95. The van der Waals surface area contributed by atoms with E-state index in [9.17, 15) is 19.5 Å². The van der Waals surface area contributed by atoms with E-state index in [0.29, 0.717) is 12.8 Å². The van der Waals surface area contributed by atoms with E-state index in [0.717, 1.165) is 39.8 Å². The fourth-order valence-corrected chi connectivity index (χ4v) is 4.90. The number of nitrogens with two attached hydrogens (primary N) is 1. The minimum Gasteiger partial charge on any atom is -0.496 e. The van der Waals surface area contributed by atoms with Crippen molar-refractivity contribution in [2.75, 3.05) is 31.6 Å². The highest BCUT2D eigenvalue weighted by Crippen LogP contribution is 2.34. The van der Waals surface area contributed by atoms with E-state index >= 15 is 0 Å². The summed E-state index contributed by atoms with van der Waals surface area (Å²) in [6, 6.07) is 18.5. The number of nitrogens with zero attached hydrogens (tertiary/aromatic N) is 1. The van der Waals surface area contributed by atoms with Crippen LogP contribution in [0.5, 0.6) is 5.75 Å². The second-order valence-corrected chi connectivity index (χ2v) is 9.75. The molecule has 0 spiro atoms. The molecule has 206 valence electrons. The van der Waals surface area contributed by atoms with Crippen molar-refractivity contribution >= 4 is 34.2 Å². The van der Waals surface area contributed by atoms with E-state index in [-0.39, 0.29) is 44.3 Å². The van der Waals surface area contributed by atoms with Crippen LogP contribution in [0.2, 0.25) is 0 Å². The van der Waals surface area contributed by atoms with Crippen LogP contribution in [0.15, 0.2) is 60.7 Å². The number of anilines is 1. The average Bonchev–Trinajstić information content (AvgIpc) is 3.11. The molecule has 2 atom stereocenters. The van der Waals surface area contributed by atoms with Crippen LogP contribution >= 0.6 is 0 Å². The summed E-state index contributed by atoms with van der Waals surface area (Å²) in [6.45, 7) is 0.180. The summed E-state index contributed by atoms with van der Waals surface area (Å²) >= 11 is 0. The maximum absolute atomic E-state index is 13.1. The molecule has 0 fully saturated rings. The van der Waals surface area contributed by atoms with Crippen molar-refractivity contribution in [3.05, 3.63) is 71.8 Å². The molecule has 3 aromatic rings. The molecule has 4 rings (SSSR count). The van der Waals surface area contributed by atoms with Gasteiger partial charge in [-0.1, -0.05) is 48.5 Å². The summed E-state index contributed by atoms with van der Waals surface area (Å²) in [6.07, 6.45) is 1.22. The number of ether oxygens (including phenoxy) is 1. The predicted octanol–water partition coefficient (Wildman–Crippen LogP) is 2.07. The summed E-state index contributed by atoms with van der Waals surface area (Å²) in [5, 5.41) is 17.4. The Morgan fingerprint density at radius 1 is 1.08 bits per heavy atom. The van der Waals surface area contributed by atoms with E-state index in [1.807, 2.05) is 60.7 Å². The molecule has 0 radical (unpaired) electrons. The predicted molar refractivity (Wildman–Crippen MR) is 151 cm³/mol. The van der Waals surface area contributed by atoms with Crippen molar-refractivity contribution < 1.29 is 24.2 Å². The number of methoxy groups -OCH3 is 1. The van der Waals surface area contributed by atoms with Crippen LogP contribution in [0.25, 0.3) is 10.8 Å². The van der Waals surface area contributed by atoms with E-state index in [4.69, 9.17) is 10.5 Å². The number of hydrogen-bond acceptors (Lipinski definition) is 6. The van der Waals surface area contributed by atoms with Gasteiger partial charge in [0.2, 0.25) is 17.7 Å². The normalized spacial score (nSPS) is 14.7. The molecule has 0 aliphatic carbocycles. The molecule has 9 heteroatoms. The molecule has 5 N–H and O–H groups in total. The number of aliphatic hydroxyl groups excluding tert-OH is 1. The summed E-state index contributed by atoms with van der Waals surface area (Å²) < 4.78 is 5.50. The number of benzene rings is 3. The first-order valence-electron chi connectivity index (χ1n) is 13.3. The van der Waals surface area contributed by atoms with E-state index < -0.39 is 18.1 Å². The molecule has 1 aliphatic rings. The van der Waals surface area contributed by atoms with E-state index in [1.54, 1.807) is 12.0 Å². The summed E-state index contributed by atoms with van der Waals surface area (Å²) in [5.74, 6) is -0.0822. The third-order valence-electron chi connectivity index (χ3n) is 6.99. The number of fused-ring (bicyclic) bond motifs is 2. The Morgan fingerprint density at radius 3 is 2.64 bits per heavy atom. The SMILES string of the molecule is COc1cccc2c1CCCC(=O)N2CCC(=O)N[C@H](Cc1ccc2ccccc2c1)C(=O)NCC(O)CN. The molecule has 0 saturated heterocycles. The van der Waals surface area contributed by atoms with Crippen molar-refractivity contribution in [3.63, 3.8) is 0 Å². The van der Waals surface area contributed by atoms with Gasteiger partial charge in [0.25, 0.3) is 0 Å². The summed E-state index contributed by atoms with van der Waals surface area (Å²) in [7, 11) is 1.60. The standard InChI is InChI=1S/C30H36N4O5/c1-39-27-10-5-9-26-24(27)8-4-11-29(37)34(26)15-14-28(36)33-25(30(38)32-19-23(35)18-31)17-20-12-13-21-6-2-3-7-22(21)16-20/h2-3,5-7,9-10,12-13,16,23,25,35H,4,8,11,14-15,17-19,31H2,1H3,(H,32,38)(H,33,36)/t23?,25-/m1/s1. The Balaban J connectivity index is 1.47. The van der Waals surface area contributed by atoms with Gasteiger partial charge in [0.15, 0.2) is 0 Å². The molecule has 39 heavy (non-hydrogen) atoms. The van der Waals surface area contributed by atoms with E-state index in [1.165, 1.54) is 0 Å². The maximum atomic E-state index is 13.1. The van der Waals surface area contributed by atoms with Gasteiger partial charge >= 0.3 is 0 Å². The highest BCUT2D eigenvalue weighted by molar-refractivity contribution is 5.96. The lowest BCUT2D eigenvalue weighted by molar-refractivity contribution is -0.129. The van der Waals surface area contributed by atoms with Gasteiger partial charge in [-0.15, -0.1) is 0 Å². The first-order valence-corrected chi connectivity index (χ1v) is 13.3. The topological polar surface area (TPSA) is 134 Å². The smallest absolute Gasteiger partial charge is 0.243 e. The summed E-state index contributed by atoms with van der Waals surface area (Å²) in [5.41, 5.74) is 8.06. The Kier molecular flexibility index (Phi) is 9.51. The molecule has 1 aliphatic heterocycles. The van der Waals surface area contributed by atoms with Gasteiger partial charge in [-0.05, 0) is 41.3 Å². The number of rotatable bonds is 11. The Labute approximate surface area is 228 Å². The minimum absolute atomic E-state index is 0.0120. The monoisotopic (exact) mass is 532 g/mol. The van der Waals surface area contributed by atoms with Gasteiger partial charge in [-0.25, -0.2) is 0 Å². The van der Waals surface area contributed by atoms with Crippen LogP contribution in [0.1, 0.15) is 30.4 Å². The zero-order chi connectivity index (χ0) is 27.8. The van der Waals surface area contributed by atoms with Gasteiger partial charge in [0.05, 0.1) is 18.9 Å². The van der Waals surface area contributed by atoms with Crippen molar-refractivity contribution in [1.82, 2.24) is 10.6 Å². The van der Waals surface area contributed by atoms with Gasteiger partial charge in [-0.2, -0.15) is 0 Å². The van der Waals surface area contributed by atoms with Crippen LogP contribution in [-0.4, -0.2) is 61.7 Å². The lowest BCUT2D eigenvalue weighted by atomic mass is 10.0. The quantitative estimate of drug-likeness (QED) is 0.299. The van der Waals surface area contributed by atoms with Gasteiger partial charge in [0.1, 0.15) is 11.8 Å². The van der Waals surface area contributed by atoms with Crippen molar-refractivity contribution in [1.29, 1.82) is 0 Å². The van der Waals surface area contributed by atoms with Crippen molar-refractivity contribution in [3.8, 4) is 5.75 Å². The molecule has 9 nitrogen and oxygen atoms in total. The first kappa shape index (κ1) is 28.1. The van der Waals surface area contributed by atoms with E-state index in [2.05, 4.69) is 10.6 Å². The molecule has 3 amide bonds. The highest BCUT2D eigenvalue weighted by atomic mass is 16.5. The number of aliphatic hydroxyl groups is 1. The zero-order valence-electron chi connectivity index (χ0n) is 22.2. The van der Waals surface area contributed by atoms with Crippen LogP contribution < -0.4 is 26.0 Å². The molecular weight excluding hydrogens is 496 g/mol. The van der Waals surface area contributed by atoms with Gasteiger partial charge in [-0.3, -0.25) is 14.4 Å². The Morgan fingerprint density at radius 2 is 1.87 bits per heavy atom. The zero-order valence-corrected chi connectivity index (χ0v) is 22.2. The number of nitrogens with one attached hydrogen (secondary N) is 2. The molecular formula is C30H36N4O5. The fraction of sp³-hybridized carbons (Fsp3) is 0.367. The molecule has 0 bridgehead atoms. The van der Waals surface area contributed by atoms with Crippen LogP contribution in [0, 0.1) is 0 Å². The number of amides is 3. The fourth-order valence-electron chi connectivity index (χ4n) is 4.90. The number of carbonyl (C=O) groups excluding carboxylic acids is 3. The largest absolute Gasteiger partial charge is 0.496 e. The average molecular weight is 533 g/mol. The molecule has 0 saturated carbocycles. The third kappa shape index (κ3) is 7.13. The number of carbonyl (C=O) groups is 3. The maximum Gasteiger partial charge on any atom is 0.243 e. The third-order valence-corrected chi connectivity index (χ3v) is 6.99. The molecule has 3 aromatic carbocycles. The Bertz CT molecular complexity index is 1330. The van der Waals surface area contributed by atoms with Crippen molar-refractivity contribution in [2.24, 2.45) is 5.73 Å². The second-order valence-electron chi connectivity index (χ2n) is 9.75. The molecule has 0 aromatic heterocycles. The molecule has 1 unspecified atom stereocenters. The first-order chi connectivity index (χ1) is 18.9. The highest BCUT2D eigenvalue weighted by Gasteiger charge is 2.26. The minimum atomic E-state index is -0.878. The summed E-state index contributed by atoms with van der Waals surface area (Å²) in [4.78, 5) is 40.7. The number of hydrogen-bond donors (Lipinski definition) is 4. The molecule has 1 heterocycles. The second kappa shape index (κ2) is 13.2. The van der Waals surface area contributed by atoms with Gasteiger partial charge < -0.3 is 31.1 Å². The van der Waals surface area contributed by atoms with Crippen LogP contribution in [0.4, 0.5) is 5.69 Å².